The van der Waals surface area contributed by atoms with Crippen molar-refractivity contribution >= 4 is 11.3 Å². The first kappa shape index (κ1) is 11.3. The highest BCUT2D eigenvalue weighted by molar-refractivity contribution is 7.09. The predicted molar refractivity (Wildman–Crippen MR) is 63.3 cm³/mol. The van der Waals surface area contributed by atoms with Gasteiger partial charge >= 0.3 is 0 Å². The largest absolute Gasteiger partial charge is 0.386 e. The van der Waals surface area contributed by atoms with Crippen LogP contribution in [0.1, 0.15) is 29.1 Å². The number of imidazole rings is 1. The third-order valence-electron chi connectivity index (χ3n) is 2.48. The van der Waals surface area contributed by atoms with Crippen LogP contribution >= 0.6 is 11.3 Å². The van der Waals surface area contributed by atoms with E-state index in [-0.39, 0.29) is 0 Å². The molecule has 16 heavy (non-hydrogen) atoms. The van der Waals surface area contributed by atoms with Gasteiger partial charge in [-0.25, -0.2) is 9.97 Å². The summed E-state index contributed by atoms with van der Waals surface area (Å²) < 4.78 is 1.97. The second kappa shape index (κ2) is 4.76. The van der Waals surface area contributed by atoms with Crippen molar-refractivity contribution in [3.8, 4) is 0 Å². The van der Waals surface area contributed by atoms with Crippen molar-refractivity contribution in [3.05, 3.63) is 34.3 Å². The summed E-state index contributed by atoms with van der Waals surface area (Å²) in [6, 6.07) is 0. The summed E-state index contributed by atoms with van der Waals surface area (Å²) in [5.74, 6) is 0.993. The molecule has 86 valence electrons. The molecule has 2 aromatic rings. The zero-order valence-electron chi connectivity index (χ0n) is 9.42. The van der Waals surface area contributed by atoms with Crippen molar-refractivity contribution in [3.63, 3.8) is 0 Å². The Bertz CT molecular complexity index is 463. The van der Waals surface area contributed by atoms with Gasteiger partial charge in [0, 0.05) is 36.9 Å². The minimum atomic E-state index is -0.476. The van der Waals surface area contributed by atoms with E-state index in [2.05, 4.69) is 9.97 Å². The number of aromatic nitrogens is 3. The van der Waals surface area contributed by atoms with Crippen LogP contribution in [0.15, 0.2) is 17.8 Å². The number of rotatable bonds is 4. The lowest BCUT2D eigenvalue weighted by Gasteiger charge is -2.07. The molecule has 0 fully saturated rings. The highest BCUT2D eigenvalue weighted by atomic mass is 32.1. The number of hydrogen-bond donors (Lipinski definition) is 1. The second-order valence-corrected chi connectivity index (χ2v) is 4.73. The minimum Gasteiger partial charge on any atom is -0.386 e. The number of hydrogen-bond acceptors (Lipinski definition) is 4. The molecule has 1 atom stereocenters. The number of aliphatic hydroxyl groups excluding tert-OH is 1. The van der Waals surface area contributed by atoms with Gasteiger partial charge in [-0.1, -0.05) is 0 Å². The smallest absolute Gasteiger partial charge is 0.121 e. The molecule has 2 rings (SSSR count). The molecule has 1 N–H and O–H groups in total. The van der Waals surface area contributed by atoms with Gasteiger partial charge in [0.05, 0.1) is 0 Å². The third-order valence-corrected chi connectivity index (χ3v) is 3.55. The van der Waals surface area contributed by atoms with Crippen LogP contribution in [0.5, 0.6) is 0 Å². The number of nitrogens with zero attached hydrogens (tertiary/aromatic N) is 3. The summed E-state index contributed by atoms with van der Waals surface area (Å²) in [5, 5.41) is 12.7. The molecular weight excluding hydrogens is 222 g/mol. The normalized spacial score (nSPS) is 12.9. The number of aliphatic hydroxyl groups is 1. The second-order valence-electron chi connectivity index (χ2n) is 3.84. The van der Waals surface area contributed by atoms with E-state index in [9.17, 15) is 5.11 Å². The number of thiazole rings is 1. The van der Waals surface area contributed by atoms with E-state index in [4.69, 9.17) is 0 Å². The average Bonchev–Trinajstić information content (AvgIpc) is 2.84. The van der Waals surface area contributed by atoms with Crippen molar-refractivity contribution in [1.29, 1.82) is 0 Å². The van der Waals surface area contributed by atoms with Crippen LogP contribution in [-0.2, 0) is 13.5 Å². The van der Waals surface area contributed by atoms with Gasteiger partial charge in [-0.2, -0.15) is 0 Å². The van der Waals surface area contributed by atoms with E-state index in [0.717, 1.165) is 22.9 Å². The lowest BCUT2D eigenvalue weighted by molar-refractivity contribution is 0.166. The fourth-order valence-corrected chi connectivity index (χ4v) is 2.37. The van der Waals surface area contributed by atoms with Crippen LogP contribution in [0.2, 0.25) is 0 Å². The zero-order valence-corrected chi connectivity index (χ0v) is 10.2. The Hall–Kier alpha value is -1.20. The zero-order chi connectivity index (χ0) is 11.5. The van der Waals surface area contributed by atoms with E-state index in [1.807, 2.05) is 30.1 Å². The molecule has 0 aromatic carbocycles. The Labute approximate surface area is 98.6 Å². The molecule has 0 radical (unpaired) electrons. The summed E-state index contributed by atoms with van der Waals surface area (Å²) >= 11 is 1.51. The van der Waals surface area contributed by atoms with Crippen LogP contribution in [0.4, 0.5) is 0 Å². The molecular formula is C11H15N3OS. The maximum atomic E-state index is 9.93. The molecule has 0 bridgehead atoms. The maximum Gasteiger partial charge on any atom is 0.121 e. The monoisotopic (exact) mass is 237 g/mol. The van der Waals surface area contributed by atoms with Crippen molar-refractivity contribution < 1.29 is 5.11 Å². The quantitative estimate of drug-likeness (QED) is 0.883. The van der Waals surface area contributed by atoms with Crippen LogP contribution < -0.4 is 0 Å². The fourth-order valence-electron chi connectivity index (χ4n) is 1.55. The summed E-state index contributed by atoms with van der Waals surface area (Å²) in [7, 11) is 1.96. The van der Waals surface area contributed by atoms with Gasteiger partial charge in [-0.15, -0.1) is 11.3 Å². The van der Waals surface area contributed by atoms with Crippen LogP contribution in [0, 0.1) is 6.92 Å². The summed E-state index contributed by atoms with van der Waals surface area (Å²) in [6.07, 6.45) is 4.64. The predicted octanol–water partition coefficient (Wildman–Crippen LogP) is 1.85. The van der Waals surface area contributed by atoms with Crippen molar-refractivity contribution in [1.82, 2.24) is 14.5 Å². The van der Waals surface area contributed by atoms with E-state index >= 15 is 0 Å². The topological polar surface area (TPSA) is 50.9 Å². The molecule has 4 nitrogen and oxygen atoms in total. The Kier molecular flexibility index (Phi) is 3.36. The van der Waals surface area contributed by atoms with Crippen molar-refractivity contribution in [2.45, 2.75) is 25.9 Å². The van der Waals surface area contributed by atoms with E-state index in [1.54, 1.807) is 6.20 Å². The summed E-state index contributed by atoms with van der Waals surface area (Å²) in [6.45, 7) is 1.94. The lowest BCUT2D eigenvalue weighted by atomic mass is 10.2. The van der Waals surface area contributed by atoms with Gasteiger partial charge < -0.3 is 9.67 Å². The van der Waals surface area contributed by atoms with Gasteiger partial charge in [-0.05, 0) is 13.3 Å². The fraction of sp³-hybridized carbons (Fsp3) is 0.455. The molecule has 0 aliphatic carbocycles. The SMILES string of the molecule is Cc1csc(C(O)CCc2nccn2C)n1. The van der Waals surface area contributed by atoms with Crippen molar-refractivity contribution in [2.75, 3.05) is 0 Å². The first-order chi connectivity index (χ1) is 7.66. The minimum absolute atomic E-state index is 0.476. The molecule has 0 amide bonds. The summed E-state index contributed by atoms with van der Waals surface area (Å²) in [4.78, 5) is 8.50. The van der Waals surface area contributed by atoms with Gasteiger partial charge in [0.15, 0.2) is 0 Å². The molecule has 0 saturated carbocycles. The van der Waals surface area contributed by atoms with Gasteiger partial charge in [0.1, 0.15) is 16.9 Å². The Morgan fingerprint density at radius 3 is 2.94 bits per heavy atom. The maximum absolute atomic E-state index is 9.93. The van der Waals surface area contributed by atoms with Crippen LogP contribution in [-0.4, -0.2) is 19.6 Å². The molecule has 1 unspecified atom stereocenters. The average molecular weight is 237 g/mol. The lowest BCUT2D eigenvalue weighted by Crippen LogP contribution is -2.03. The molecule has 0 spiro atoms. The van der Waals surface area contributed by atoms with E-state index < -0.39 is 6.10 Å². The highest BCUT2D eigenvalue weighted by Gasteiger charge is 2.12. The van der Waals surface area contributed by atoms with Crippen molar-refractivity contribution in [2.24, 2.45) is 7.05 Å². The van der Waals surface area contributed by atoms with Crippen LogP contribution in [0.3, 0.4) is 0 Å². The number of aryl methyl sites for hydroxylation is 3. The van der Waals surface area contributed by atoms with Gasteiger partial charge in [0.2, 0.25) is 0 Å². The first-order valence-electron chi connectivity index (χ1n) is 5.23. The van der Waals surface area contributed by atoms with E-state index in [0.29, 0.717) is 6.42 Å². The standard InChI is InChI=1S/C11H15N3OS/c1-8-7-16-11(13-8)9(15)3-4-10-12-5-6-14(10)2/h5-7,9,15H,3-4H2,1-2H3. The molecule has 0 aliphatic rings. The third kappa shape index (κ3) is 2.48. The van der Waals surface area contributed by atoms with Gasteiger partial charge in [0.25, 0.3) is 0 Å². The van der Waals surface area contributed by atoms with Crippen LogP contribution in [0.25, 0.3) is 0 Å². The Morgan fingerprint density at radius 2 is 2.38 bits per heavy atom. The summed E-state index contributed by atoms with van der Waals surface area (Å²) in [5.41, 5.74) is 0.969. The molecule has 2 heterocycles. The molecule has 2 aromatic heterocycles. The Morgan fingerprint density at radius 1 is 1.56 bits per heavy atom. The first-order valence-corrected chi connectivity index (χ1v) is 6.11. The Balaban J connectivity index is 1.93. The highest BCUT2D eigenvalue weighted by Crippen LogP contribution is 2.21. The molecule has 0 aliphatic heterocycles. The molecule has 0 saturated heterocycles. The molecule has 5 heteroatoms. The van der Waals surface area contributed by atoms with E-state index in [1.165, 1.54) is 11.3 Å². The van der Waals surface area contributed by atoms with Gasteiger partial charge in [-0.3, -0.25) is 0 Å².